The molecule has 0 aliphatic carbocycles. The summed E-state index contributed by atoms with van der Waals surface area (Å²) in [4.78, 5) is 16.8. The largest absolute Gasteiger partial charge is 0.348 e. The van der Waals surface area contributed by atoms with Gasteiger partial charge in [0.05, 0.1) is 11.1 Å². The number of hydrogen-bond donors (Lipinski definition) is 1. The minimum Gasteiger partial charge on any atom is -0.348 e. The van der Waals surface area contributed by atoms with Crippen molar-refractivity contribution in [2.75, 3.05) is 5.33 Å². The molecule has 4 heteroatoms. The number of aromatic nitrogens is 1. The third-order valence-corrected chi connectivity index (χ3v) is 3.88. The highest BCUT2D eigenvalue weighted by molar-refractivity contribution is 9.09. The summed E-state index contributed by atoms with van der Waals surface area (Å²) in [6, 6.07) is 9.73. The lowest BCUT2D eigenvalue weighted by atomic mass is 10.1. The van der Waals surface area contributed by atoms with E-state index in [1.165, 1.54) is 0 Å². The number of carbonyl (C=O) groups is 1. The lowest BCUT2D eigenvalue weighted by Gasteiger charge is -2.15. The van der Waals surface area contributed by atoms with Gasteiger partial charge < -0.3 is 5.32 Å². The van der Waals surface area contributed by atoms with Gasteiger partial charge in [0, 0.05) is 22.5 Å². The molecular weight excluding hydrogens is 304 g/mol. The lowest BCUT2D eigenvalue weighted by Crippen LogP contribution is -2.35. The van der Waals surface area contributed by atoms with Gasteiger partial charge in [-0.3, -0.25) is 9.78 Å². The standard InChI is InChI=1S/C15H17BrN2O/c1-3-11(9-16)18-15(19)13-8-10(2)17-14-7-5-4-6-12(13)14/h4-8,11H,3,9H2,1-2H3,(H,18,19). The second kappa shape index (κ2) is 6.15. The first-order chi connectivity index (χ1) is 9.15. The summed E-state index contributed by atoms with van der Waals surface area (Å²) >= 11 is 3.41. The average Bonchev–Trinajstić information content (AvgIpc) is 2.43. The zero-order valence-electron chi connectivity index (χ0n) is 11.1. The number of nitrogens with zero attached hydrogens (tertiary/aromatic N) is 1. The van der Waals surface area contributed by atoms with Gasteiger partial charge in [-0.1, -0.05) is 41.1 Å². The van der Waals surface area contributed by atoms with Gasteiger partial charge in [0.1, 0.15) is 0 Å². The number of amides is 1. The molecule has 0 fully saturated rings. The summed E-state index contributed by atoms with van der Waals surface area (Å²) in [6.07, 6.45) is 0.902. The van der Waals surface area contributed by atoms with Crippen molar-refractivity contribution in [1.29, 1.82) is 0 Å². The third-order valence-electron chi connectivity index (χ3n) is 3.10. The van der Waals surface area contributed by atoms with Gasteiger partial charge in [-0.2, -0.15) is 0 Å². The van der Waals surface area contributed by atoms with E-state index in [1.807, 2.05) is 37.3 Å². The van der Waals surface area contributed by atoms with Gasteiger partial charge in [-0.15, -0.1) is 0 Å². The van der Waals surface area contributed by atoms with Gasteiger partial charge in [0.15, 0.2) is 0 Å². The highest BCUT2D eigenvalue weighted by Gasteiger charge is 2.14. The van der Waals surface area contributed by atoms with Gasteiger partial charge in [0.2, 0.25) is 0 Å². The highest BCUT2D eigenvalue weighted by Crippen LogP contribution is 2.18. The van der Waals surface area contributed by atoms with E-state index in [2.05, 4.69) is 33.2 Å². The normalized spacial score (nSPS) is 12.4. The number of pyridine rings is 1. The number of carbonyl (C=O) groups excluding carboxylic acids is 1. The second-order valence-electron chi connectivity index (χ2n) is 4.56. The Labute approximate surface area is 121 Å². The number of benzene rings is 1. The molecule has 2 aromatic rings. The molecule has 0 saturated carbocycles. The molecule has 1 heterocycles. The molecule has 2 rings (SSSR count). The van der Waals surface area contributed by atoms with Gasteiger partial charge in [-0.25, -0.2) is 0 Å². The van der Waals surface area contributed by atoms with Crippen LogP contribution >= 0.6 is 15.9 Å². The van der Waals surface area contributed by atoms with Crippen LogP contribution in [-0.2, 0) is 0 Å². The number of halogens is 1. The maximum absolute atomic E-state index is 12.4. The minimum atomic E-state index is -0.0343. The number of aryl methyl sites for hydroxylation is 1. The molecule has 1 aromatic heterocycles. The maximum atomic E-state index is 12.4. The molecule has 0 spiro atoms. The van der Waals surface area contributed by atoms with Crippen molar-refractivity contribution >= 4 is 32.7 Å². The second-order valence-corrected chi connectivity index (χ2v) is 5.21. The highest BCUT2D eigenvalue weighted by atomic mass is 79.9. The number of hydrogen-bond acceptors (Lipinski definition) is 2. The SMILES string of the molecule is CCC(CBr)NC(=O)c1cc(C)nc2ccccc12. The van der Waals surface area contributed by atoms with Crippen LogP contribution < -0.4 is 5.32 Å². The topological polar surface area (TPSA) is 42.0 Å². The molecule has 0 bridgehead atoms. The van der Waals surface area contributed by atoms with Crippen LogP contribution in [-0.4, -0.2) is 22.3 Å². The summed E-state index contributed by atoms with van der Waals surface area (Å²) in [5, 5.41) is 4.70. The summed E-state index contributed by atoms with van der Waals surface area (Å²) in [5.74, 6) is -0.0343. The molecule has 1 amide bonds. The van der Waals surface area contributed by atoms with Crippen LogP contribution in [0.4, 0.5) is 0 Å². The molecule has 1 N–H and O–H groups in total. The van der Waals surface area contributed by atoms with Crippen molar-refractivity contribution in [3.05, 3.63) is 41.6 Å². The molecule has 1 aromatic carbocycles. The number of alkyl halides is 1. The Morgan fingerprint density at radius 1 is 1.42 bits per heavy atom. The summed E-state index contributed by atoms with van der Waals surface area (Å²) < 4.78 is 0. The molecule has 0 saturated heterocycles. The lowest BCUT2D eigenvalue weighted by molar-refractivity contribution is 0.0941. The Morgan fingerprint density at radius 3 is 2.84 bits per heavy atom. The van der Waals surface area contributed by atoms with E-state index in [-0.39, 0.29) is 11.9 Å². The van der Waals surface area contributed by atoms with E-state index in [0.717, 1.165) is 28.3 Å². The fourth-order valence-electron chi connectivity index (χ4n) is 2.01. The molecule has 19 heavy (non-hydrogen) atoms. The van der Waals surface area contributed by atoms with E-state index in [4.69, 9.17) is 0 Å². The van der Waals surface area contributed by atoms with E-state index < -0.39 is 0 Å². The zero-order valence-corrected chi connectivity index (χ0v) is 12.7. The number of nitrogens with one attached hydrogen (secondary N) is 1. The average molecular weight is 321 g/mol. The Morgan fingerprint density at radius 2 is 2.16 bits per heavy atom. The number of fused-ring (bicyclic) bond motifs is 1. The molecule has 100 valence electrons. The number of para-hydroxylation sites is 1. The van der Waals surface area contributed by atoms with E-state index in [1.54, 1.807) is 0 Å². The first-order valence-electron chi connectivity index (χ1n) is 6.39. The van der Waals surface area contributed by atoms with Crippen molar-refractivity contribution in [1.82, 2.24) is 10.3 Å². The molecule has 0 radical (unpaired) electrons. The van der Waals surface area contributed by atoms with Crippen molar-refractivity contribution in [3.8, 4) is 0 Å². The Bertz CT molecular complexity index is 594. The number of rotatable bonds is 4. The van der Waals surface area contributed by atoms with Crippen LogP contribution in [0, 0.1) is 6.92 Å². The van der Waals surface area contributed by atoms with Gasteiger partial charge in [-0.05, 0) is 25.5 Å². The molecular formula is C15H17BrN2O. The maximum Gasteiger partial charge on any atom is 0.252 e. The minimum absolute atomic E-state index is 0.0343. The van der Waals surface area contributed by atoms with Crippen LogP contribution in [0.25, 0.3) is 10.9 Å². The van der Waals surface area contributed by atoms with Crippen molar-refractivity contribution in [2.45, 2.75) is 26.3 Å². The Balaban J connectivity index is 2.41. The summed E-state index contributed by atoms with van der Waals surface area (Å²) in [5.41, 5.74) is 2.41. The third kappa shape index (κ3) is 3.13. The molecule has 1 atom stereocenters. The summed E-state index contributed by atoms with van der Waals surface area (Å²) in [7, 11) is 0. The van der Waals surface area contributed by atoms with Crippen LogP contribution in [0.2, 0.25) is 0 Å². The van der Waals surface area contributed by atoms with Crippen LogP contribution in [0.1, 0.15) is 29.4 Å². The van der Waals surface area contributed by atoms with Crippen LogP contribution in [0.15, 0.2) is 30.3 Å². The van der Waals surface area contributed by atoms with Crippen LogP contribution in [0.5, 0.6) is 0 Å². The van der Waals surface area contributed by atoms with E-state index >= 15 is 0 Å². The zero-order chi connectivity index (χ0) is 13.8. The van der Waals surface area contributed by atoms with E-state index in [0.29, 0.717) is 5.56 Å². The first-order valence-corrected chi connectivity index (χ1v) is 7.51. The van der Waals surface area contributed by atoms with Gasteiger partial charge in [0.25, 0.3) is 5.91 Å². The smallest absolute Gasteiger partial charge is 0.252 e. The predicted molar refractivity (Wildman–Crippen MR) is 81.8 cm³/mol. The quantitative estimate of drug-likeness (QED) is 0.877. The molecule has 0 aliphatic rings. The van der Waals surface area contributed by atoms with Crippen molar-refractivity contribution < 1.29 is 4.79 Å². The molecule has 1 unspecified atom stereocenters. The molecule has 0 aliphatic heterocycles. The first kappa shape index (κ1) is 14.0. The fourth-order valence-corrected chi connectivity index (χ4v) is 2.63. The monoisotopic (exact) mass is 320 g/mol. The Kier molecular flexibility index (Phi) is 4.53. The summed E-state index contributed by atoms with van der Waals surface area (Å²) in [6.45, 7) is 3.97. The predicted octanol–water partition coefficient (Wildman–Crippen LogP) is 3.45. The Hall–Kier alpha value is -1.42. The van der Waals surface area contributed by atoms with Crippen molar-refractivity contribution in [2.24, 2.45) is 0 Å². The fraction of sp³-hybridized carbons (Fsp3) is 0.333. The van der Waals surface area contributed by atoms with Crippen molar-refractivity contribution in [3.63, 3.8) is 0 Å². The van der Waals surface area contributed by atoms with Gasteiger partial charge >= 0.3 is 0 Å². The van der Waals surface area contributed by atoms with Crippen LogP contribution in [0.3, 0.4) is 0 Å². The van der Waals surface area contributed by atoms with E-state index in [9.17, 15) is 4.79 Å². The molecule has 3 nitrogen and oxygen atoms in total.